The second-order valence-corrected chi connectivity index (χ2v) is 26.1. The van der Waals surface area contributed by atoms with Gasteiger partial charge in [-0.15, -0.1) is 0 Å². The molecule has 0 bridgehead atoms. The number of carbonyl (C=O) groups is 8. The Kier molecular flexibility index (Phi) is 34.6. The molecule has 416 valence electrons. The van der Waals surface area contributed by atoms with Crippen molar-refractivity contribution in [1.29, 1.82) is 0 Å². The fourth-order valence-corrected chi connectivity index (χ4v) is 12.7. The number of benzene rings is 2. The first-order valence-corrected chi connectivity index (χ1v) is 30.8. The lowest BCUT2D eigenvalue weighted by Gasteiger charge is -2.21. The van der Waals surface area contributed by atoms with Crippen LogP contribution in [-0.4, -0.2) is 92.6 Å². The number of Topliss-reactive ketones (excluding diaryl/α,β-unsaturated/α-hetero) is 2. The molecular formula is C56H86N2O12S4. The maximum Gasteiger partial charge on any atom is 0.328 e. The zero-order valence-corrected chi connectivity index (χ0v) is 49.1. The Morgan fingerprint density at radius 1 is 0.432 bits per heavy atom. The molecule has 74 heavy (non-hydrogen) atoms. The first-order valence-electron chi connectivity index (χ1n) is 25.8. The van der Waals surface area contributed by atoms with E-state index in [1.165, 1.54) is 32.4 Å². The van der Waals surface area contributed by atoms with Crippen molar-refractivity contribution in [2.75, 3.05) is 23.0 Å². The standard InChI is InChI=1S/C35H49NO6S2.C21H37NO6S2/c1-24(2)17-30(34(39)41-20-28-13-9-7-10-14-28)19-32(37)26(5)22-43-44-23-27(6)33(38)36-31(18-25(3)4)35(40)42-21-29-15-11-8-12-16-29;1-12(2)7-16(20(25)26)9-18(23)14(5)10-29-30-11-15(6)19(24)22-17(21(27)28)8-13(3)4/h7-16,24-27,30-31H,17-23H2,1-6H3,(H,36,38);12-17H,7-11H2,1-6H3,(H,22,24)(H,25,26)(H,27,28)/t26-,27-,30+,31-;14-,15-,16+,17-/m00/s1. The fraction of sp³-hybridized carbons (Fsp3) is 0.643. The first kappa shape index (κ1) is 68.0. The predicted octanol–water partition coefficient (Wildman–Crippen LogP) is 11.2. The average Bonchev–Trinajstić information content (AvgIpc) is 3.33. The Balaban J connectivity index is 0.000000799. The van der Waals surface area contributed by atoms with Gasteiger partial charge in [0.2, 0.25) is 11.8 Å². The highest BCUT2D eigenvalue weighted by Gasteiger charge is 2.30. The Bertz CT molecular complexity index is 1860. The van der Waals surface area contributed by atoms with E-state index in [0.29, 0.717) is 48.7 Å². The summed E-state index contributed by atoms with van der Waals surface area (Å²) in [5.41, 5.74) is 1.81. The fourth-order valence-electron chi connectivity index (χ4n) is 7.18. The third-order valence-corrected chi connectivity index (χ3v) is 17.1. The van der Waals surface area contributed by atoms with Gasteiger partial charge in [-0.1, -0.05) is 187 Å². The van der Waals surface area contributed by atoms with Crippen molar-refractivity contribution in [2.45, 2.75) is 147 Å². The molecule has 0 aliphatic heterocycles. The Labute approximate surface area is 457 Å². The SMILES string of the molecule is CC(C)C[C@H](CC(=O)[C@@H](C)CSSC[C@H](C)C(=O)N[C@@H](CC(C)C)C(=O)O)C(=O)O.CC(C)C[C@H](CC(=O)[C@@H](C)CSSC[C@H](C)C(=O)N[C@@H](CC(C)C)C(=O)OCc1ccccc1)C(=O)OCc1ccccc1. The number of carboxylic acids is 2. The highest BCUT2D eigenvalue weighted by molar-refractivity contribution is 8.77. The van der Waals surface area contributed by atoms with E-state index in [1.54, 1.807) is 24.6 Å². The van der Waals surface area contributed by atoms with Crippen LogP contribution < -0.4 is 10.6 Å². The van der Waals surface area contributed by atoms with Gasteiger partial charge >= 0.3 is 23.9 Å². The van der Waals surface area contributed by atoms with Gasteiger partial charge in [-0.05, 0) is 60.5 Å². The van der Waals surface area contributed by atoms with E-state index < -0.39 is 41.8 Å². The number of nitrogens with one attached hydrogen (secondary N) is 2. The molecule has 0 unspecified atom stereocenters. The number of amides is 2. The van der Waals surface area contributed by atoms with Crippen LogP contribution in [0.2, 0.25) is 0 Å². The molecule has 0 saturated carbocycles. The number of esters is 2. The van der Waals surface area contributed by atoms with Crippen LogP contribution in [0.15, 0.2) is 60.7 Å². The highest BCUT2D eigenvalue weighted by Crippen LogP contribution is 2.30. The molecule has 0 fully saturated rings. The molecule has 14 nitrogen and oxygen atoms in total. The Morgan fingerprint density at radius 3 is 1.15 bits per heavy atom. The van der Waals surface area contributed by atoms with E-state index in [9.17, 15) is 48.6 Å². The highest BCUT2D eigenvalue weighted by atomic mass is 33.1. The van der Waals surface area contributed by atoms with Gasteiger partial charge in [-0.3, -0.25) is 28.8 Å². The predicted molar refractivity (Wildman–Crippen MR) is 302 cm³/mol. The van der Waals surface area contributed by atoms with Gasteiger partial charge in [0.05, 0.1) is 11.8 Å². The van der Waals surface area contributed by atoms with Crippen molar-refractivity contribution in [3.05, 3.63) is 71.8 Å². The summed E-state index contributed by atoms with van der Waals surface area (Å²) in [5, 5.41) is 24.0. The molecule has 4 N–H and O–H groups in total. The van der Waals surface area contributed by atoms with Gasteiger partial charge in [0.25, 0.3) is 0 Å². The number of aliphatic carboxylic acids is 2. The third kappa shape index (κ3) is 30.5. The lowest BCUT2D eigenvalue weighted by Crippen LogP contribution is -2.45. The first-order chi connectivity index (χ1) is 34.8. The lowest BCUT2D eigenvalue weighted by atomic mass is 9.89. The number of hydrogen-bond donors (Lipinski definition) is 4. The molecule has 2 amide bonds. The molecule has 2 rings (SSSR count). The van der Waals surface area contributed by atoms with Crippen molar-refractivity contribution in [3.63, 3.8) is 0 Å². The molecule has 0 aromatic heterocycles. The van der Waals surface area contributed by atoms with E-state index in [4.69, 9.17) is 9.47 Å². The molecular weight excluding hydrogens is 1020 g/mol. The van der Waals surface area contributed by atoms with Gasteiger partial charge in [-0.2, -0.15) is 0 Å². The Morgan fingerprint density at radius 2 is 0.770 bits per heavy atom. The van der Waals surface area contributed by atoms with Crippen LogP contribution in [0.25, 0.3) is 0 Å². The largest absolute Gasteiger partial charge is 0.481 e. The monoisotopic (exact) mass is 1110 g/mol. The van der Waals surface area contributed by atoms with Crippen LogP contribution in [-0.2, 0) is 61.0 Å². The Hall–Kier alpha value is -4.00. The van der Waals surface area contributed by atoms with Crippen LogP contribution in [0.3, 0.4) is 0 Å². The molecule has 18 heteroatoms. The average molecular weight is 1110 g/mol. The minimum atomic E-state index is -1.03. The van der Waals surface area contributed by atoms with E-state index in [0.717, 1.165) is 11.1 Å². The normalized spacial score (nSPS) is 14.6. The van der Waals surface area contributed by atoms with Crippen LogP contribution in [0.1, 0.15) is 133 Å². The molecule has 0 aliphatic carbocycles. The summed E-state index contributed by atoms with van der Waals surface area (Å²) in [5.74, 6) is -2.53. The molecule has 8 atom stereocenters. The second-order valence-electron chi connectivity index (χ2n) is 21.0. The minimum Gasteiger partial charge on any atom is -0.481 e. The topological polar surface area (TPSA) is 220 Å². The quantitative estimate of drug-likeness (QED) is 0.0283. The number of carboxylic acid groups (broad SMARTS) is 2. The van der Waals surface area contributed by atoms with Gasteiger partial charge in [0.1, 0.15) is 36.9 Å². The van der Waals surface area contributed by atoms with Crippen molar-refractivity contribution < 1.29 is 58.0 Å². The maximum absolute atomic E-state index is 13.0. The molecule has 0 spiro atoms. The molecule has 2 aromatic rings. The molecule has 0 aliphatic rings. The van der Waals surface area contributed by atoms with E-state index in [-0.39, 0.29) is 103 Å². The number of ether oxygens (including phenoxy) is 2. The zero-order valence-electron chi connectivity index (χ0n) is 45.8. The maximum atomic E-state index is 13.0. The van der Waals surface area contributed by atoms with Gasteiger partial charge in [0.15, 0.2) is 0 Å². The molecule has 0 saturated heterocycles. The van der Waals surface area contributed by atoms with E-state index in [1.807, 2.05) is 130 Å². The van der Waals surface area contributed by atoms with Crippen molar-refractivity contribution in [1.82, 2.24) is 10.6 Å². The summed E-state index contributed by atoms with van der Waals surface area (Å²) in [6.07, 6.45) is 2.16. The molecule has 0 heterocycles. The third-order valence-electron chi connectivity index (χ3n) is 11.6. The van der Waals surface area contributed by atoms with E-state index >= 15 is 0 Å². The number of hydrogen-bond acceptors (Lipinski definition) is 14. The summed E-state index contributed by atoms with van der Waals surface area (Å²) < 4.78 is 11.0. The summed E-state index contributed by atoms with van der Waals surface area (Å²) in [4.78, 5) is 98.8. The second kappa shape index (κ2) is 37.7. The van der Waals surface area contributed by atoms with Crippen LogP contribution in [0.5, 0.6) is 0 Å². The summed E-state index contributed by atoms with van der Waals surface area (Å²) >= 11 is 0. The van der Waals surface area contributed by atoms with Crippen LogP contribution in [0.4, 0.5) is 0 Å². The molecule has 2 aromatic carbocycles. The van der Waals surface area contributed by atoms with Crippen molar-refractivity contribution in [3.8, 4) is 0 Å². The van der Waals surface area contributed by atoms with Crippen molar-refractivity contribution >= 4 is 90.4 Å². The molecule has 0 radical (unpaired) electrons. The zero-order chi connectivity index (χ0) is 55.9. The minimum absolute atomic E-state index is 0.0387. The number of rotatable bonds is 36. The number of carbonyl (C=O) groups excluding carboxylic acids is 6. The number of ketones is 2. The summed E-state index contributed by atoms with van der Waals surface area (Å²) in [6, 6.07) is 17.4. The smallest absolute Gasteiger partial charge is 0.328 e. The van der Waals surface area contributed by atoms with E-state index in [2.05, 4.69) is 10.6 Å². The van der Waals surface area contributed by atoms with Crippen LogP contribution >= 0.6 is 43.2 Å². The summed E-state index contributed by atoms with van der Waals surface area (Å²) in [7, 11) is 6.00. The van der Waals surface area contributed by atoms with Gasteiger partial charge in [0, 0.05) is 59.5 Å². The summed E-state index contributed by atoms with van der Waals surface area (Å²) in [6.45, 7) is 23.4. The van der Waals surface area contributed by atoms with Crippen LogP contribution in [0, 0.1) is 59.2 Å². The van der Waals surface area contributed by atoms with Crippen molar-refractivity contribution in [2.24, 2.45) is 59.2 Å². The lowest BCUT2D eigenvalue weighted by molar-refractivity contribution is -0.152. The van der Waals surface area contributed by atoms with Gasteiger partial charge < -0.3 is 30.3 Å². The van der Waals surface area contributed by atoms with Gasteiger partial charge in [-0.25, -0.2) is 9.59 Å².